The van der Waals surface area contributed by atoms with Crippen LogP contribution in [0, 0.1) is 5.82 Å². The molecule has 1 aliphatic carbocycles. The molecule has 1 aromatic rings. The van der Waals surface area contributed by atoms with Gasteiger partial charge in [0.15, 0.2) is 5.78 Å². The van der Waals surface area contributed by atoms with E-state index in [1.165, 1.54) is 17.4 Å². The quantitative estimate of drug-likeness (QED) is 0.840. The van der Waals surface area contributed by atoms with Gasteiger partial charge in [0, 0.05) is 6.42 Å². The summed E-state index contributed by atoms with van der Waals surface area (Å²) in [5.74, 6) is -0.137. The molecule has 1 aliphatic rings. The van der Waals surface area contributed by atoms with E-state index in [1.54, 1.807) is 12.4 Å². The van der Waals surface area contributed by atoms with Crippen LogP contribution in [0.15, 0.2) is 11.4 Å². The molecule has 0 aromatic carbocycles. The Morgan fingerprint density at radius 3 is 2.87 bits per heavy atom. The molecule has 0 amide bonds. The van der Waals surface area contributed by atoms with Crippen LogP contribution >= 0.6 is 11.3 Å². The minimum absolute atomic E-state index is 0.123. The zero-order valence-electron chi connectivity index (χ0n) is 8.68. The highest BCUT2D eigenvalue weighted by Crippen LogP contribution is 2.38. The van der Waals surface area contributed by atoms with Crippen molar-refractivity contribution < 1.29 is 9.18 Å². The first-order chi connectivity index (χ1) is 7.20. The second-order valence-electron chi connectivity index (χ2n) is 3.88. The van der Waals surface area contributed by atoms with Crippen molar-refractivity contribution in [2.75, 3.05) is 7.05 Å². The molecule has 1 aromatic heterocycles. The van der Waals surface area contributed by atoms with Crippen molar-refractivity contribution in [2.24, 2.45) is 0 Å². The number of rotatable bonds is 2. The Hall–Kier alpha value is -0.740. The predicted octanol–water partition coefficient (Wildman–Crippen LogP) is 2.45. The Kier molecular flexibility index (Phi) is 2.89. The van der Waals surface area contributed by atoms with Gasteiger partial charge in [0.25, 0.3) is 0 Å². The van der Waals surface area contributed by atoms with E-state index in [0.717, 1.165) is 12.8 Å². The second-order valence-corrected chi connectivity index (χ2v) is 4.80. The van der Waals surface area contributed by atoms with E-state index in [0.29, 0.717) is 17.7 Å². The van der Waals surface area contributed by atoms with Crippen molar-refractivity contribution in [2.45, 2.75) is 31.2 Å². The van der Waals surface area contributed by atoms with Gasteiger partial charge in [0.2, 0.25) is 0 Å². The molecule has 1 N–H and O–H groups in total. The minimum atomic E-state index is -0.753. The summed E-state index contributed by atoms with van der Waals surface area (Å²) in [5.41, 5.74) is -0.753. The van der Waals surface area contributed by atoms with E-state index < -0.39 is 5.54 Å². The SMILES string of the molecule is CN[C@]1(c2sccc2F)CCCCC1=O. The van der Waals surface area contributed by atoms with Crippen molar-refractivity contribution in [1.29, 1.82) is 0 Å². The summed E-state index contributed by atoms with van der Waals surface area (Å²) in [6.07, 6.45) is 3.16. The fraction of sp³-hybridized carbons (Fsp3) is 0.545. The maximum atomic E-state index is 13.6. The van der Waals surface area contributed by atoms with Crippen LogP contribution in [-0.2, 0) is 10.3 Å². The number of likely N-dealkylation sites (N-methyl/N-ethyl adjacent to an activating group) is 1. The molecular formula is C11H14FNOS. The number of halogens is 1. The molecule has 15 heavy (non-hydrogen) atoms. The molecule has 2 rings (SSSR count). The van der Waals surface area contributed by atoms with Gasteiger partial charge in [-0.2, -0.15) is 0 Å². The van der Waals surface area contributed by atoms with E-state index in [9.17, 15) is 9.18 Å². The third-order valence-corrected chi connectivity index (χ3v) is 4.16. The molecule has 2 nitrogen and oxygen atoms in total. The molecule has 4 heteroatoms. The molecule has 0 saturated heterocycles. The summed E-state index contributed by atoms with van der Waals surface area (Å²) < 4.78 is 13.6. The number of carbonyl (C=O) groups excluding carboxylic acids is 1. The van der Waals surface area contributed by atoms with E-state index in [-0.39, 0.29) is 11.6 Å². The Labute approximate surface area is 92.5 Å². The Morgan fingerprint density at radius 2 is 2.33 bits per heavy atom. The van der Waals surface area contributed by atoms with Crippen LogP contribution in [-0.4, -0.2) is 12.8 Å². The number of hydrogen-bond donors (Lipinski definition) is 1. The standard InChI is InChI=1S/C11H14FNOS/c1-13-11(6-3-2-4-9(11)14)10-8(12)5-7-15-10/h5,7,13H,2-4,6H2,1H3/t11-/m1/s1. The average Bonchev–Trinajstić information content (AvgIpc) is 2.66. The summed E-state index contributed by atoms with van der Waals surface area (Å²) in [7, 11) is 1.74. The average molecular weight is 227 g/mol. The smallest absolute Gasteiger partial charge is 0.158 e. The highest BCUT2D eigenvalue weighted by Gasteiger charge is 2.42. The largest absolute Gasteiger partial charge is 0.304 e. The molecule has 0 bridgehead atoms. The van der Waals surface area contributed by atoms with Gasteiger partial charge in [-0.05, 0) is 31.3 Å². The highest BCUT2D eigenvalue weighted by atomic mass is 32.1. The topological polar surface area (TPSA) is 29.1 Å². The lowest BCUT2D eigenvalue weighted by Crippen LogP contribution is -2.49. The van der Waals surface area contributed by atoms with Crippen LogP contribution in [0.2, 0.25) is 0 Å². The van der Waals surface area contributed by atoms with Gasteiger partial charge in [0.05, 0.1) is 4.88 Å². The van der Waals surface area contributed by atoms with Crippen molar-refractivity contribution in [1.82, 2.24) is 5.32 Å². The van der Waals surface area contributed by atoms with Gasteiger partial charge in [-0.1, -0.05) is 6.42 Å². The summed E-state index contributed by atoms with van der Waals surface area (Å²) in [6.45, 7) is 0. The molecule has 82 valence electrons. The van der Waals surface area contributed by atoms with Crippen LogP contribution in [0.4, 0.5) is 4.39 Å². The monoisotopic (exact) mass is 227 g/mol. The van der Waals surface area contributed by atoms with Gasteiger partial charge in [0.1, 0.15) is 11.4 Å². The van der Waals surface area contributed by atoms with Gasteiger partial charge < -0.3 is 5.32 Å². The van der Waals surface area contributed by atoms with Crippen molar-refractivity contribution in [3.63, 3.8) is 0 Å². The maximum Gasteiger partial charge on any atom is 0.158 e. The third-order valence-electron chi connectivity index (χ3n) is 3.11. The minimum Gasteiger partial charge on any atom is -0.304 e. The number of Topliss-reactive ketones (excluding diaryl/α,β-unsaturated/α-hetero) is 1. The Morgan fingerprint density at radius 1 is 1.53 bits per heavy atom. The van der Waals surface area contributed by atoms with Crippen molar-refractivity contribution in [3.8, 4) is 0 Å². The van der Waals surface area contributed by atoms with E-state index in [4.69, 9.17) is 0 Å². The zero-order chi connectivity index (χ0) is 10.9. The van der Waals surface area contributed by atoms with Crippen molar-refractivity contribution in [3.05, 3.63) is 22.1 Å². The Balaban J connectivity index is 2.44. The number of nitrogens with one attached hydrogen (secondary N) is 1. The molecule has 0 radical (unpaired) electrons. The zero-order valence-corrected chi connectivity index (χ0v) is 9.49. The fourth-order valence-electron chi connectivity index (χ4n) is 2.24. The summed E-state index contributed by atoms with van der Waals surface area (Å²) in [5, 5.41) is 4.73. The van der Waals surface area contributed by atoms with E-state index in [1.807, 2.05) is 0 Å². The molecule has 1 fully saturated rings. The number of hydrogen-bond acceptors (Lipinski definition) is 3. The lowest BCUT2D eigenvalue weighted by atomic mass is 9.79. The molecule has 0 aliphatic heterocycles. The first-order valence-electron chi connectivity index (χ1n) is 5.16. The van der Waals surface area contributed by atoms with Crippen LogP contribution < -0.4 is 5.32 Å². The normalized spacial score (nSPS) is 26.9. The first kappa shape index (κ1) is 10.8. The number of thiophene rings is 1. The lowest BCUT2D eigenvalue weighted by molar-refractivity contribution is -0.127. The lowest BCUT2D eigenvalue weighted by Gasteiger charge is -2.34. The van der Waals surface area contributed by atoms with Gasteiger partial charge >= 0.3 is 0 Å². The number of carbonyl (C=O) groups is 1. The van der Waals surface area contributed by atoms with Crippen LogP contribution in [0.1, 0.15) is 30.6 Å². The maximum absolute atomic E-state index is 13.6. The molecule has 0 spiro atoms. The molecule has 1 heterocycles. The van der Waals surface area contributed by atoms with Crippen LogP contribution in [0.5, 0.6) is 0 Å². The predicted molar refractivity (Wildman–Crippen MR) is 58.5 cm³/mol. The van der Waals surface area contributed by atoms with Crippen molar-refractivity contribution >= 4 is 17.1 Å². The van der Waals surface area contributed by atoms with Gasteiger partial charge in [-0.15, -0.1) is 11.3 Å². The summed E-state index contributed by atoms with van der Waals surface area (Å²) in [6, 6.07) is 1.43. The Bertz CT molecular complexity index is 376. The second kappa shape index (κ2) is 4.02. The molecule has 1 atom stereocenters. The molecule has 1 saturated carbocycles. The van der Waals surface area contributed by atoms with Crippen LogP contribution in [0.25, 0.3) is 0 Å². The highest BCUT2D eigenvalue weighted by molar-refractivity contribution is 7.10. The van der Waals surface area contributed by atoms with Gasteiger partial charge in [-0.25, -0.2) is 4.39 Å². The van der Waals surface area contributed by atoms with Gasteiger partial charge in [-0.3, -0.25) is 4.79 Å². The molecule has 0 unspecified atom stereocenters. The third kappa shape index (κ3) is 1.62. The molecular weight excluding hydrogens is 213 g/mol. The summed E-state index contributed by atoms with van der Waals surface area (Å²) in [4.78, 5) is 12.5. The van der Waals surface area contributed by atoms with Crippen LogP contribution in [0.3, 0.4) is 0 Å². The summed E-state index contributed by atoms with van der Waals surface area (Å²) >= 11 is 1.32. The first-order valence-corrected chi connectivity index (χ1v) is 6.04. The van der Waals surface area contributed by atoms with E-state index >= 15 is 0 Å². The number of ketones is 1. The van der Waals surface area contributed by atoms with E-state index in [2.05, 4.69) is 5.32 Å². The fourth-order valence-corrected chi connectivity index (χ4v) is 3.27.